The number of rotatable bonds is 6. The van der Waals surface area contributed by atoms with Crippen molar-refractivity contribution in [1.82, 2.24) is 4.90 Å². The Morgan fingerprint density at radius 2 is 2.20 bits per heavy atom. The number of hydrogen-bond acceptors (Lipinski definition) is 3. The predicted molar refractivity (Wildman–Crippen MR) is 78.3 cm³/mol. The smallest absolute Gasteiger partial charge is 0.323 e. The van der Waals surface area contributed by atoms with Crippen LogP contribution in [0.4, 0.5) is 0 Å². The Morgan fingerprint density at radius 1 is 1.45 bits per heavy atom. The van der Waals surface area contributed by atoms with Crippen LogP contribution in [0.2, 0.25) is 0 Å². The van der Waals surface area contributed by atoms with E-state index in [1.165, 1.54) is 11.1 Å². The van der Waals surface area contributed by atoms with E-state index in [9.17, 15) is 9.90 Å². The SMILES string of the molecule is CCN(CCc1ccc2c(c1)CCO2)C(C)(C)C(=O)O. The molecule has 0 spiro atoms. The number of ether oxygens (including phenoxy) is 1. The third-order valence-electron chi connectivity index (χ3n) is 4.12. The maximum atomic E-state index is 11.3. The lowest BCUT2D eigenvalue weighted by Gasteiger charge is -2.34. The summed E-state index contributed by atoms with van der Waals surface area (Å²) < 4.78 is 5.50. The van der Waals surface area contributed by atoms with Crippen LogP contribution in [0.15, 0.2) is 18.2 Å². The van der Waals surface area contributed by atoms with Crippen molar-refractivity contribution in [1.29, 1.82) is 0 Å². The van der Waals surface area contributed by atoms with Gasteiger partial charge < -0.3 is 9.84 Å². The van der Waals surface area contributed by atoms with Crippen molar-refractivity contribution in [3.63, 3.8) is 0 Å². The minimum atomic E-state index is -0.825. The molecule has 1 aliphatic rings. The summed E-state index contributed by atoms with van der Waals surface area (Å²) in [4.78, 5) is 13.3. The Balaban J connectivity index is 2.02. The fraction of sp³-hybridized carbons (Fsp3) is 0.562. The largest absolute Gasteiger partial charge is 0.493 e. The molecule has 0 amide bonds. The lowest BCUT2D eigenvalue weighted by molar-refractivity contribution is -0.149. The molecule has 2 rings (SSSR count). The van der Waals surface area contributed by atoms with Crippen LogP contribution in [0.1, 0.15) is 31.9 Å². The van der Waals surface area contributed by atoms with Crippen molar-refractivity contribution in [2.24, 2.45) is 0 Å². The first-order chi connectivity index (χ1) is 9.45. The normalized spacial score (nSPS) is 14.2. The van der Waals surface area contributed by atoms with Crippen LogP contribution in [0.3, 0.4) is 0 Å². The van der Waals surface area contributed by atoms with E-state index >= 15 is 0 Å². The van der Waals surface area contributed by atoms with Crippen molar-refractivity contribution in [3.8, 4) is 5.75 Å². The first-order valence-corrected chi connectivity index (χ1v) is 7.18. The predicted octanol–water partition coefficient (Wildman–Crippen LogP) is 2.35. The van der Waals surface area contributed by atoms with Crippen molar-refractivity contribution in [2.45, 2.75) is 39.2 Å². The van der Waals surface area contributed by atoms with E-state index in [0.29, 0.717) is 0 Å². The van der Waals surface area contributed by atoms with Gasteiger partial charge in [0, 0.05) is 13.0 Å². The van der Waals surface area contributed by atoms with E-state index in [-0.39, 0.29) is 0 Å². The number of carboxylic acids is 1. The molecule has 1 aliphatic heterocycles. The van der Waals surface area contributed by atoms with E-state index in [1.807, 2.05) is 17.9 Å². The molecule has 0 radical (unpaired) electrons. The van der Waals surface area contributed by atoms with E-state index in [1.54, 1.807) is 13.8 Å². The van der Waals surface area contributed by atoms with Gasteiger partial charge in [-0.15, -0.1) is 0 Å². The Morgan fingerprint density at radius 3 is 2.85 bits per heavy atom. The van der Waals surface area contributed by atoms with Gasteiger partial charge in [-0.2, -0.15) is 0 Å². The minimum absolute atomic E-state index is 0.730. The van der Waals surface area contributed by atoms with E-state index in [4.69, 9.17) is 4.74 Å². The summed E-state index contributed by atoms with van der Waals surface area (Å²) in [6.45, 7) is 7.76. The van der Waals surface area contributed by atoms with Gasteiger partial charge in [0.2, 0.25) is 0 Å². The van der Waals surface area contributed by atoms with Gasteiger partial charge in [-0.05, 0) is 44.0 Å². The van der Waals surface area contributed by atoms with Crippen molar-refractivity contribution >= 4 is 5.97 Å². The number of carboxylic acid groups (broad SMARTS) is 1. The highest BCUT2D eigenvalue weighted by molar-refractivity contribution is 5.77. The topological polar surface area (TPSA) is 49.8 Å². The van der Waals surface area contributed by atoms with E-state index in [2.05, 4.69) is 12.1 Å². The Kier molecular flexibility index (Phi) is 4.33. The molecule has 0 saturated heterocycles. The molecule has 4 heteroatoms. The lowest BCUT2D eigenvalue weighted by Crippen LogP contribution is -2.50. The van der Waals surface area contributed by atoms with Crippen LogP contribution in [-0.4, -0.2) is 41.2 Å². The zero-order valence-electron chi connectivity index (χ0n) is 12.5. The van der Waals surface area contributed by atoms with Crippen LogP contribution in [0, 0.1) is 0 Å². The second-order valence-electron chi connectivity index (χ2n) is 5.73. The highest BCUT2D eigenvalue weighted by Crippen LogP contribution is 2.26. The van der Waals surface area contributed by atoms with Crippen LogP contribution in [-0.2, 0) is 17.6 Å². The lowest BCUT2D eigenvalue weighted by atomic mass is 10.0. The molecule has 1 aromatic rings. The molecule has 4 nitrogen and oxygen atoms in total. The fourth-order valence-corrected chi connectivity index (χ4v) is 2.63. The molecule has 0 bridgehead atoms. The molecular formula is C16H23NO3. The van der Waals surface area contributed by atoms with Gasteiger partial charge in [-0.25, -0.2) is 0 Å². The Bertz CT molecular complexity index is 496. The molecule has 1 aromatic carbocycles. The highest BCUT2D eigenvalue weighted by atomic mass is 16.5. The van der Waals surface area contributed by atoms with Gasteiger partial charge in [-0.1, -0.05) is 19.1 Å². The molecule has 0 aliphatic carbocycles. The third-order valence-corrected chi connectivity index (χ3v) is 4.12. The molecule has 0 saturated carbocycles. The second kappa shape index (κ2) is 5.83. The number of carbonyl (C=O) groups is 1. The molecule has 0 fully saturated rings. The van der Waals surface area contributed by atoms with Crippen LogP contribution >= 0.6 is 0 Å². The summed E-state index contributed by atoms with van der Waals surface area (Å²) in [6, 6.07) is 6.28. The van der Waals surface area contributed by atoms with Crippen molar-refractivity contribution in [3.05, 3.63) is 29.3 Å². The van der Waals surface area contributed by atoms with Gasteiger partial charge in [0.05, 0.1) is 6.61 Å². The van der Waals surface area contributed by atoms with Crippen LogP contribution in [0.25, 0.3) is 0 Å². The summed E-state index contributed by atoms with van der Waals surface area (Å²) in [6.07, 6.45) is 1.83. The highest BCUT2D eigenvalue weighted by Gasteiger charge is 2.33. The zero-order chi connectivity index (χ0) is 14.8. The molecule has 20 heavy (non-hydrogen) atoms. The van der Waals surface area contributed by atoms with Crippen LogP contribution < -0.4 is 4.74 Å². The maximum absolute atomic E-state index is 11.3. The molecule has 0 unspecified atom stereocenters. The van der Waals surface area contributed by atoms with Crippen LogP contribution in [0.5, 0.6) is 5.75 Å². The molecular weight excluding hydrogens is 254 g/mol. The average Bonchev–Trinajstić information content (AvgIpc) is 2.86. The fourth-order valence-electron chi connectivity index (χ4n) is 2.63. The molecule has 0 atom stereocenters. The van der Waals surface area contributed by atoms with Gasteiger partial charge in [0.1, 0.15) is 11.3 Å². The monoisotopic (exact) mass is 277 g/mol. The average molecular weight is 277 g/mol. The summed E-state index contributed by atoms with van der Waals surface area (Å²) >= 11 is 0. The number of likely N-dealkylation sites (N-methyl/N-ethyl adjacent to an activating group) is 1. The standard InChI is InChI=1S/C16H23NO3/c1-4-17(16(2,3)15(18)19)9-7-12-5-6-14-13(11-12)8-10-20-14/h5-6,11H,4,7-10H2,1-3H3,(H,18,19). The summed E-state index contributed by atoms with van der Waals surface area (Å²) in [5, 5.41) is 9.31. The van der Waals surface area contributed by atoms with Crippen molar-refractivity contribution in [2.75, 3.05) is 19.7 Å². The van der Waals surface area contributed by atoms with E-state index in [0.717, 1.165) is 38.3 Å². The second-order valence-corrected chi connectivity index (χ2v) is 5.73. The first-order valence-electron chi connectivity index (χ1n) is 7.18. The minimum Gasteiger partial charge on any atom is -0.493 e. The molecule has 1 N–H and O–H groups in total. The Hall–Kier alpha value is -1.55. The third kappa shape index (κ3) is 2.96. The van der Waals surface area contributed by atoms with Gasteiger partial charge in [0.15, 0.2) is 0 Å². The summed E-state index contributed by atoms with van der Waals surface area (Å²) in [5.41, 5.74) is 1.69. The maximum Gasteiger partial charge on any atom is 0.323 e. The number of aliphatic carboxylic acids is 1. The molecule has 0 aromatic heterocycles. The van der Waals surface area contributed by atoms with Gasteiger partial charge in [-0.3, -0.25) is 9.69 Å². The van der Waals surface area contributed by atoms with Gasteiger partial charge in [0.25, 0.3) is 0 Å². The number of nitrogens with zero attached hydrogens (tertiary/aromatic N) is 1. The molecule has 1 heterocycles. The quantitative estimate of drug-likeness (QED) is 0.867. The first kappa shape index (κ1) is 14.9. The van der Waals surface area contributed by atoms with Crippen molar-refractivity contribution < 1.29 is 14.6 Å². The summed E-state index contributed by atoms with van der Waals surface area (Å²) in [5.74, 6) is 0.216. The number of hydrogen-bond donors (Lipinski definition) is 1. The number of benzene rings is 1. The Labute approximate surface area is 120 Å². The molecule has 110 valence electrons. The number of fused-ring (bicyclic) bond motifs is 1. The summed E-state index contributed by atoms with van der Waals surface area (Å²) in [7, 11) is 0. The van der Waals surface area contributed by atoms with E-state index < -0.39 is 11.5 Å². The zero-order valence-corrected chi connectivity index (χ0v) is 12.5. The van der Waals surface area contributed by atoms with Gasteiger partial charge >= 0.3 is 5.97 Å².